The van der Waals surface area contributed by atoms with Crippen molar-refractivity contribution in [1.82, 2.24) is 0 Å². The van der Waals surface area contributed by atoms with E-state index in [1.165, 1.54) is 11.1 Å². The molecule has 0 fully saturated rings. The van der Waals surface area contributed by atoms with Crippen LogP contribution in [0.2, 0.25) is 0 Å². The molecule has 98 valence electrons. The molecule has 0 saturated heterocycles. The third-order valence-electron chi connectivity index (χ3n) is 3.11. The molecule has 0 saturated carbocycles. The van der Waals surface area contributed by atoms with Gasteiger partial charge < -0.3 is 10.4 Å². The molecular weight excluding hydrogens is 238 g/mol. The summed E-state index contributed by atoms with van der Waals surface area (Å²) < 4.78 is 0. The van der Waals surface area contributed by atoms with Gasteiger partial charge in [-0.05, 0) is 37.1 Å². The first-order chi connectivity index (χ1) is 9.15. The number of nitrogens with one attached hydrogen (secondary N) is 1. The standard InChI is InChI=1S/C16H17NO2/c1-3-12-9-11(2)7-8-14(12)17-15-6-4-5-13(10-18)16(15)19/h4-10,17,19H,3H2,1-2H3. The fraction of sp³-hybridized carbons (Fsp3) is 0.188. The number of para-hydroxylation sites is 1. The molecule has 0 aliphatic heterocycles. The van der Waals surface area contributed by atoms with Crippen molar-refractivity contribution in [2.45, 2.75) is 20.3 Å². The van der Waals surface area contributed by atoms with E-state index >= 15 is 0 Å². The van der Waals surface area contributed by atoms with Gasteiger partial charge in [-0.2, -0.15) is 0 Å². The summed E-state index contributed by atoms with van der Waals surface area (Å²) in [6.45, 7) is 4.13. The lowest BCUT2D eigenvalue weighted by molar-refractivity contribution is 0.112. The fourth-order valence-corrected chi connectivity index (χ4v) is 2.04. The molecule has 2 aromatic rings. The maximum absolute atomic E-state index is 10.8. The van der Waals surface area contributed by atoms with Crippen LogP contribution in [-0.2, 0) is 6.42 Å². The SMILES string of the molecule is CCc1cc(C)ccc1Nc1cccc(C=O)c1O. The van der Waals surface area contributed by atoms with Crippen molar-refractivity contribution in [2.75, 3.05) is 5.32 Å². The minimum absolute atomic E-state index is 0.0138. The summed E-state index contributed by atoms with van der Waals surface area (Å²) in [6.07, 6.45) is 1.55. The number of aromatic hydroxyl groups is 1. The first kappa shape index (κ1) is 13.1. The monoisotopic (exact) mass is 255 g/mol. The third-order valence-corrected chi connectivity index (χ3v) is 3.11. The number of hydrogen-bond donors (Lipinski definition) is 2. The van der Waals surface area contributed by atoms with Crippen LogP contribution >= 0.6 is 0 Å². The summed E-state index contributed by atoms with van der Waals surface area (Å²) in [5.74, 6) is -0.0138. The Hall–Kier alpha value is -2.29. The van der Waals surface area contributed by atoms with Crippen LogP contribution in [0.1, 0.15) is 28.4 Å². The summed E-state index contributed by atoms with van der Waals surface area (Å²) in [5.41, 5.74) is 4.16. The Balaban J connectivity index is 2.39. The molecule has 3 heteroatoms. The molecule has 0 aliphatic rings. The summed E-state index contributed by atoms with van der Waals surface area (Å²) in [5, 5.41) is 13.2. The number of benzene rings is 2. The largest absolute Gasteiger partial charge is 0.505 e. The van der Waals surface area contributed by atoms with E-state index in [0.717, 1.165) is 12.1 Å². The Morgan fingerprint density at radius 2 is 2.00 bits per heavy atom. The van der Waals surface area contributed by atoms with Crippen LogP contribution in [-0.4, -0.2) is 11.4 Å². The van der Waals surface area contributed by atoms with Gasteiger partial charge in [0.05, 0.1) is 11.3 Å². The van der Waals surface area contributed by atoms with E-state index in [1.807, 2.05) is 19.1 Å². The first-order valence-corrected chi connectivity index (χ1v) is 6.29. The second-order valence-electron chi connectivity index (χ2n) is 4.50. The van der Waals surface area contributed by atoms with E-state index in [1.54, 1.807) is 18.2 Å². The van der Waals surface area contributed by atoms with Crippen LogP contribution in [0.5, 0.6) is 5.75 Å². The Morgan fingerprint density at radius 3 is 2.68 bits per heavy atom. The number of rotatable bonds is 4. The summed E-state index contributed by atoms with van der Waals surface area (Å²) in [7, 11) is 0. The Morgan fingerprint density at radius 1 is 1.21 bits per heavy atom. The van der Waals surface area contributed by atoms with E-state index in [0.29, 0.717) is 12.0 Å². The molecule has 0 heterocycles. The molecule has 0 atom stereocenters. The zero-order chi connectivity index (χ0) is 13.8. The van der Waals surface area contributed by atoms with Gasteiger partial charge in [0.2, 0.25) is 0 Å². The Labute approximate surface area is 112 Å². The molecule has 0 aliphatic carbocycles. The molecule has 0 unspecified atom stereocenters. The lowest BCUT2D eigenvalue weighted by atomic mass is 10.1. The summed E-state index contributed by atoms with van der Waals surface area (Å²) >= 11 is 0. The molecule has 0 amide bonds. The molecule has 2 aromatic carbocycles. The van der Waals surface area contributed by atoms with Gasteiger partial charge in [-0.25, -0.2) is 0 Å². The maximum Gasteiger partial charge on any atom is 0.153 e. The van der Waals surface area contributed by atoms with Gasteiger partial charge >= 0.3 is 0 Å². The zero-order valence-corrected chi connectivity index (χ0v) is 11.1. The van der Waals surface area contributed by atoms with E-state index in [-0.39, 0.29) is 11.3 Å². The van der Waals surface area contributed by atoms with Crippen LogP contribution in [0.3, 0.4) is 0 Å². The number of hydrogen-bond acceptors (Lipinski definition) is 3. The van der Waals surface area contributed by atoms with E-state index < -0.39 is 0 Å². The average Bonchev–Trinajstić information content (AvgIpc) is 2.42. The number of carbonyl (C=O) groups excluding carboxylic acids is 1. The molecule has 2 N–H and O–H groups in total. The second-order valence-corrected chi connectivity index (χ2v) is 4.50. The third kappa shape index (κ3) is 2.76. The van der Waals surface area contributed by atoms with Crippen LogP contribution in [0.25, 0.3) is 0 Å². The average molecular weight is 255 g/mol. The van der Waals surface area contributed by atoms with Crippen molar-refractivity contribution in [3.8, 4) is 5.75 Å². The van der Waals surface area contributed by atoms with Crippen LogP contribution in [0, 0.1) is 6.92 Å². The molecule has 0 spiro atoms. The molecule has 0 bridgehead atoms. The number of phenolic OH excluding ortho intramolecular Hbond substituents is 1. The van der Waals surface area contributed by atoms with E-state index in [4.69, 9.17) is 0 Å². The van der Waals surface area contributed by atoms with Crippen LogP contribution in [0.4, 0.5) is 11.4 Å². The number of phenols is 1. The highest BCUT2D eigenvalue weighted by atomic mass is 16.3. The first-order valence-electron chi connectivity index (χ1n) is 6.29. The van der Waals surface area contributed by atoms with Gasteiger partial charge in [0.1, 0.15) is 5.75 Å². The van der Waals surface area contributed by atoms with E-state index in [2.05, 4.69) is 18.3 Å². The number of anilines is 2. The van der Waals surface area contributed by atoms with Gasteiger partial charge in [0, 0.05) is 5.69 Å². The van der Waals surface area contributed by atoms with Crippen molar-refractivity contribution < 1.29 is 9.90 Å². The quantitative estimate of drug-likeness (QED) is 0.645. The minimum atomic E-state index is -0.0138. The van der Waals surface area contributed by atoms with Gasteiger partial charge in [0.15, 0.2) is 6.29 Å². The highest BCUT2D eigenvalue weighted by Gasteiger charge is 2.08. The van der Waals surface area contributed by atoms with Gasteiger partial charge in [-0.3, -0.25) is 4.79 Å². The maximum atomic E-state index is 10.8. The number of aryl methyl sites for hydroxylation is 2. The number of aldehydes is 1. The van der Waals surface area contributed by atoms with E-state index in [9.17, 15) is 9.90 Å². The molecule has 19 heavy (non-hydrogen) atoms. The van der Waals surface area contributed by atoms with Gasteiger partial charge in [-0.15, -0.1) is 0 Å². The van der Waals surface area contributed by atoms with Crippen molar-refractivity contribution >= 4 is 17.7 Å². The molecule has 2 rings (SSSR count). The predicted molar refractivity (Wildman–Crippen MR) is 77.3 cm³/mol. The summed E-state index contributed by atoms with van der Waals surface area (Å²) in [6, 6.07) is 11.2. The predicted octanol–water partition coefficient (Wildman–Crippen LogP) is 3.82. The van der Waals surface area contributed by atoms with Crippen molar-refractivity contribution in [1.29, 1.82) is 0 Å². The second kappa shape index (κ2) is 5.57. The van der Waals surface area contributed by atoms with Gasteiger partial charge in [0.25, 0.3) is 0 Å². The molecule has 0 radical (unpaired) electrons. The van der Waals surface area contributed by atoms with Gasteiger partial charge in [-0.1, -0.05) is 30.7 Å². The summed E-state index contributed by atoms with van der Waals surface area (Å²) in [4.78, 5) is 10.8. The van der Waals surface area contributed by atoms with Crippen molar-refractivity contribution in [3.05, 3.63) is 53.1 Å². The van der Waals surface area contributed by atoms with Crippen LogP contribution < -0.4 is 5.32 Å². The fourth-order valence-electron chi connectivity index (χ4n) is 2.04. The molecule has 3 nitrogen and oxygen atoms in total. The number of carbonyl (C=O) groups is 1. The lowest BCUT2D eigenvalue weighted by Gasteiger charge is -2.13. The smallest absolute Gasteiger partial charge is 0.153 e. The highest BCUT2D eigenvalue weighted by Crippen LogP contribution is 2.31. The highest BCUT2D eigenvalue weighted by molar-refractivity contribution is 5.84. The minimum Gasteiger partial charge on any atom is -0.505 e. The van der Waals surface area contributed by atoms with Crippen molar-refractivity contribution in [3.63, 3.8) is 0 Å². The van der Waals surface area contributed by atoms with Crippen molar-refractivity contribution in [2.24, 2.45) is 0 Å². The normalized spacial score (nSPS) is 10.2. The molecule has 0 aromatic heterocycles. The Kier molecular flexibility index (Phi) is 3.85. The molecular formula is C16H17NO2. The Bertz CT molecular complexity index is 606. The zero-order valence-electron chi connectivity index (χ0n) is 11.1. The lowest BCUT2D eigenvalue weighted by Crippen LogP contribution is -1.97. The van der Waals surface area contributed by atoms with Crippen LogP contribution in [0.15, 0.2) is 36.4 Å². The topological polar surface area (TPSA) is 49.3 Å².